The van der Waals surface area contributed by atoms with E-state index >= 15 is 0 Å². The van der Waals surface area contributed by atoms with Crippen molar-refractivity contribution in [2.45, 2.75) is 212 Å². The molecule has 0 heterocycles. The Kier molecular flexibility index (Phi) is 31.4. The second-order valence-corrected chi connectivity index (χ2v) is 12.3. The van der Waals surface area contributed by atoms with Crippen molar-refractivity contribution in [3.05, 3.63) is 0 Å². The summed E-state index contributed by atoms with van der Waals surface area (Å²) in [5, 5.41) is 23.0. The van der Waals surface area contributed by atoms with E-state index in [-0.39, 0.29) is 12.5 Å². The Balaban J connectivity index is 3.49. The number of amides is 1. The average molecular weight is 554 g/mol. The minimum absolute atomic E-state index is 0.0335. The highest BCUT2D eigenvalue weighted by molar-refractivity contribution is 5.76. The number of carbonyl (C=O) groups is 1. The zero-order chi connectivity index (χ0) is 28.7. The van der Waals surface area contributed by atoms with E-state index in [0.29, 0.717) is 12.8 Å². The molecule has 4 heteroatoms. The van der Waals surface area contributed by atoms with Crippen LogP contribution in [0.3, 0.4) is 0 Å². The van der Waals surface area contributed by atoms with Crippen molar-refractivity contribution in [1.82, 2.24) is 5.32 Å². The lowest BCUT2D eigenvalue weighted by atomic mass is 10.0. The van der Waals surface area contributed by atoms with Gasteiger partial charge in [0, 0.05) is 6.42 Å². The van der Waals surface area contributed by atoms with Crippen molar-refractivity contribution in [1.29, 1.82) is 0 Å². The normalized spacial score (nSPS) is 13.0. The molecule has 0 aliphatic carbocycles. The number of hydrogen-bond acceptors (Lipinski definition) is 3. The fourth-order valence-corrected chi connectivity index (χ4v) is 5.59. The van der Waals surface area contributed by atoms with E-state index in [1.807, 2.05) is 0 Å². The number of rotatable bonds is 32. The molecule has 0 aromatic heterocycles. The van der Waals surface area contributed by atoms with Crippen LogP contribution in [0.4, 0.5) is 0 Å². The molecule has 0 spiro atoms. The SMILES string of the molecule is CCCCCCCCCCCCCCCCCCCCC(O)C(CO)NC(=O)CCCCCCCCCCC. The van der Waals surface area contributed by atoms with Crippen LogP contribution in [0.2, 0.25) is 0 Å². The van der Waals surface area contributed by atoms with E-state index in [9.17, 15) is 15.0 Å². The molecular formula is C35H71NO3. The molecule has 0 aromatic rings. The van der Waals surface area contributed by atoms with Crippen molar-refractivity contribution >= 4 is 5.91 Å². The van der Waals surface area contributed by atoms with E-state index in [0.717, 1.165) is 25.7 Å². The molecule has 39 heavy (non-hydrogen) atoms. The van der Waals surface area contributed by atoms with Crippen LogP contribution >= 0.6 is 0 Å². The Morgan fingerprint density at radius 3 is 1.15 bits per heavy atom. The topological polar surface area (TPSA) is 69.6 Å². The van der Waals surface area contributed by atoms with Crippen LogP contribution in [0, 0.1) is 0 Å². The molecule has 3 N–H and O–H groups in total. The molecule has 0 rings (SSSR count). The van der Waals surface area contributed by atoms with Crippen LogP contribution < -0.4 is 5.32 Å². The molecule has 2 unspecified atom stereocenters. The molecule has 0 radical (unpaired) electrons. The van der Waals surface area contributed by atoms with Gasteiger partial charge in [0.25, 0.3) is 0 Å². The molecule has 0 fully saturated rings. The summed E-state index contributed by atoms with van der Waals surface area (Å²) in [6.07, 6.45) is 35.9. The maximum atomic E-state index is 12.2. The first-order chi connectivity index (χ1) is 19.2. The fraction of sp³-hybridized carbons (Fsp3) is 0.971. The summed E-state index contributed by atoms with van der Waals surface area (Å²) in [5.41, 5.74) is 0. The third-order valence-corrected chi connectivity index (χ3v) is 8.37. The molecule has 1 amide bonds. The first-order valence-electron chi connectivity index (χ1n) is 17.7. The first-order valence-corrected chi connectivity index (χ1v) is 17.7. The predicted molar refractivity (Wildman–Crippen MR) is 170 cm³/mol. The second-order valence-electron chi connectivity index (χ2n) is 12.3. The average Bonchev–Trinajstić information content (AvgIpc) is 2.94. The van der Waals surface area contributed by atoms with E-state index in [2.05, 4.69) is 19.2 Å². The van der Waals surface area contributed by atoms with Gasteiger partial charge in [0.05, 0.1) is 18.8 Å². The van der Waals surface area contributed by atoms with Gasteiger partial charge >= 0.3 is 0 Å². The Hall–Kier alpha value is -0.610. The Labute approximate surface area is 244 Å². The van der Waals surface area contributed by atoms with Crippen LogP contribution in [0.1, 0.15) is 200 Å². The van der Waals surface area contributed by atoms with Gasteiger partial charge in [-0.25, -0.2) is 0 Å². The molecule has 4 nitrogen and oxygen atoms in total. The highest BCUT2D eigenvalue weighted by Crippen LogP contribution is 2.16. The van der Waals surface area contributed by atoms with Crippen LogP contribution in [0.15, 0.2) is 0 Å². The number of hydrogen-bond donors (Lipinski definition) is 3. The number of aliphatic hydroxyl groups excluding tert-OH is 2. The number of aliphatic hydroxyl groups is 2. The van der Waals surface area contributed by atoms with E-state index < -0.39 is 12.1 Å². The van der Waals surface area contributed by atoms with E-state index in [1.54, 1.807) is 0 Å². The molecule has 0 aliphatic rings. The van der Waals surface area contributed by atoms with Crippen LogP contribution in [-0.2, 0) is 4.79 Å². The lowest BCUT2D eigenvalue weighted by Gasteiger charge is -2.22. The molecule has 2 atom stereocenters. The standard InChI is InChI=1S/C35H71NO3/c1-3-5-7-9-11-13-14-15-16-17-18-19-20-21-23-24-26-28-30-34(38)33(32-37)36-35(39)31-29-27-25-22-12-10-8-6-4-2/h33-34,37-38H,3-32H2,1-2H3,(H,36,39). The van der Waals surface area contributed by atoms with E-state index in [1.165, 1.54) is 148 Å². The number of unbranched alkanes of at least 4 members (excludes halogenated alkanes) is 25. The highest BCUT2D eigenvalue weighted by atomic mass is 16.3. The Morgan fingerprint density at radius 2 is 0.821 bits per heavy atom. The third kappa shape index (κ3) is 28.7. The van der Waals surface area contributed by atoms with Gasteiger partial charge in [-0.3, -0.25) is 4.79 Å². The lowest BCUT2D eigenvalue weighted by molar-refractivity contribution is -0.123. The summed E-state index contributed by atoms with van der Waals surface area (Å²) < 4.78 is 0. The maximum Gasteiger partial charge on any atom is 0.220 e. The molecule has 0 saturated heterocycles. The Bertz CT molecular complexity index is 485. The quantitative estimate of drug-likeness (QED) is 0.0726. The van der Waals surface area contributed by atoms with Crippen LogP contribution in [-0.4, -0.2) is 34.9 Å². The summed E-state index contributed by atoms with van der Waals surface area (Å²) in [5.74, 6) is -0.0335. The molecule has 0 aromatic carbocycles. The summed E-state index contributed by atoms with van der Waals surface area (Å²) in [6.45, 7) is 4.34. The number of nitrogens with one attached hydrogen (secondary N) is 1. The summed E-state index contributed by atoms with van der Waals surface area (Å²) in [6, 6.07) is -0.526. The molecule has 234 valence electrons. The minimum Gasteiger partial charge on any atom is -0.394 e. The van der Waals surface area contributed by atoms with Gasteiger partial charge in [-0.1, -0.05) is 181 Å². The van der Waals surface area contributed by atoms with Gasteiger partial charge in [0.15, 0.2) is 0 Å². The predicted octanol–water partition coefficient (Wildman–Crippen LogP) is 10.2. The van der Waals surface area contributed by atoms with Gasteiger partial charge in [-0.2, -0.15) is 0 Å². The summed E-state index contributed by atoms with van der Waals surface area (Å²) >= 11 is 0. The van der Waals surface area contributed by atoms with Gasteiger partial charge < -0.3 is 15.5 Å². The monoisotopic (exact) mass is 554 g/mol. The minimum atomic E-state index is -0.650. The lowest BCUT2D eigenvalue weighted by Crippen LogP contribution is -2.45. The molecular weight excluding hydrogens is 482 g/mol. The van der Waals surface area contributed by atoms with E-state index in [4.69, 9.17) is 0 Å². The number of carbonyl (C=O) groups excluding carboxylic acids is 1. The smallest absolute Gasteiger partial charge is 0.220 e. The van der Waals surface area contributed by atoms with Crippen molar-refractivity contribution in [2.75, 3.05) is 6.61 Å². The van der Waals surface area contributed by atoms with Crippen molar-refractivity contribution in [3.63, 3.8) is 0 Å². The molecule has 0 bridgehead atoms. The largest absolute Gasteiger partial charge is 0.394 e. The zero-order valence-electron chi connectivity index (χ0n) is 26.7. The maximum absolute atomic E-state index is 12.2. The van der Waals surface area contributed by atoms with Crippen LogP contribution in [0.25, 0.3) is 0 Å². The Morgan fingerprint density at radius 1 is 0.513 bits per heavy atom. The summed E-state index contributed by atoms with van der Waals surface area (Å²) in [4.78, 5) is 12.2. The van der Waals surface area contributed by atoms with Crippen molar-refractivity contribution < 1.29 is 15.0 Å². The van der Waals surface area contributed by atoms with Crippen molar-refractivity contribution in [3.8, 4) is 0 Å². The molecule has 0 saturated carbocycles. The van der Waals surface area contributed by atoms with Gasteiger partial charge in [-0.05, 0) is 12.8 Å². The van der Waals surface area contributed by atoms with Gasteiger partial charge in [0.1, 0.15) is 0 Å². The fourth-order valence-electron chi connectivity index (χ4n) is 5.59. The van der Waals surface area contributed by atoms with Crippen molar-refractivity contribution in [2.24, 2.45) is 0 Å². The third-order valence-electron chi connectivity index (χ3n) is 8.37. The zero-order valence-corrected chi connectivity index (χ0v) is 26.7. The van der Waals surface area contributed by atoms with Gasteiger partial charge in [0.2, 0.25) is 5.91 Å². The molecule has 0 aliphatic heterocycles. The van der Waals surface area contributed by atoms with Crippen LogP contribution in [0.5, 0.6) is 0 Å². The highest BCUT2D eigenvalue weighted by Gasteiger charge is 2.19. The first kappa shape index (κ1) is 38.4. The van der Waals surface area contributed by atoms with Gasteiger partial charge in [-0.15, -0.1) is 0 Å². The second kappa shape index (κ2) is 31.9. The summed E-state index contributed by atoms with van der Waals surface area (Å²) in [7, 11) is 0.